The van der Waals surface area contributed by atoms with Crippen molar-refractivity contribution in [1.29, 1.82) is 0 Å². The highest BCUT2D eigenvalue weighted by Gasteiger charge is 2.14. The molecule has 58 valence electrons. The monoisotopic (exact) mass is 144 g/mol. The molecule has 0 spiro atoms. The minimum absolute atomic E-state index is 0.371. The maximum Gasteiger partial charge on any atom is 0.173 e. The van der Waals surface area contributed by atoms with Gasteiger partial charge in [-0.2, -0.15) is 0 Å². The van der Waals surface area contributed by atoms with Crippen LogP contribution in [0.5, 0.6) is 0 Å². The molecular weight excluding hydrogens is 132 g/mol. The van der Waals surface area contributed by atoms with Gasteiger partial charge in [-0.25, -0.2) is 5.90 Å². The smallest absolute Gasteiger partial charge is 0.173 e. The summed E-state index contributed by atoms with van der Waals surface area (Å²) in [5.74, 6) is 4.89. The van der Waals surface area contributed by atoms with E-state index >= 15 is 0 Å². The molecule has 0 heterocycles. The predicted octanol–water partition coefficient (Wildman–Crippen LogP) is 0.273. The molecule has 4 nitrogen and oxygen atoms in total. The van der Waals surface area contributed by atoms with E-state index in [0.29, 0.717) is 12.0 Å². The summed E-state index contributed by atoms with van der Waals surface area (Å²) in [5, 5.41) is 0. The van der Waals surface area contributed by atoms with Gasteiger partial charge in [0.05, 0.1) is 5.71 Å². The minimum Gasteiger partial charge on any atom is -0.297 e. The van der Waals surface area contributed by atoms with Crippen LogP contribution in [0, 0.1) is 0 Å². The molecule has 0 amide bonds. The van der Waals surface area contributed by atoms with Crippen LogP contribution in [0.25, 0.3) is 0 Å². The lowest BCUT2D eigenvalue weighted by Crippen LogP contribution is -2.26. The van der Waals surface area contributed by atoms with Crippen LogP contribution in [-0.2, 0) is 9.63 Å². The summed E-state index contributed by atoms with van der Waals surface area (Å²) in [4.78, 5) is 18.4. The molecule has 4 heteroatoms. The number of nitrogens with zero attached hydrogens (tertiary/aromatic N) is 1. The topological polar surface area (TPSA) is 64.7 Å². The molecule has 0 bridgehead atoms. The first-order valence-corrected chi connectivity index (χ1v) is 2.91. The van der Waals surface area contributed by atoms with Crippen LogP contribution in [-0.4, -0.2) is 17.7 Å². The fraction of sp³-hybridized carbons (Fsp3) is 0.667. The van der Waals surface area contributed by atoms with E-state index < -0.39 is 5.72 Å². The van der Waals surface area contributed by atoms with Crippen molar-refractivity contribution in [3.05, 3.63) is 0 Å². The molecule has 0 rings (SSSR count). The highest BCUT2D eigenvalue weighted by Crippen LogP contribution is 2.06. The minimum atomic E-state index is -0.801. The third-order valence-electron chi connectivity index (χ3n) is 0.905. The van der Waals surface area contributed by atoms with Gasteiger partial charge in [0.1, 0.15) is 0 Å². The number of carbonyl (C=O) groups excluding carboxylic acids is 1. The first-order chi connectivity index (χ1) is 4.52. The summed E-state index contributed by atoms with van der Waals surface area (Å²) in [6, 6.07) is 0. The number of rotatable bonds is 3. The van der Waals surface area contributed by atoms with Gasteiger partial charge >= 0.3 is 0 Å². The summed E-state index contributed by atoms with van der Waals surface area (Å²) in [7, 11) is 0. The van der Waals surface area contributed by atoms with Gasteiger partial charge in [-0.1, -0.05) is 0 Å². The van der Waals surface area contributed by atoms with Gasteiger partial charge in [0.15, 0.2) is 12.0 Å². The van der Waals surface area contributed by atoms with Crippen molar-refractivity contribution in [2.45, 2.75) is 26.5 Å². The summed E-state index contributed by atoms with van der Waals surface area (Å²) in [6.45, 7) is 4.92. The lowest BCUT2D eigenvalue weighted by atomic mass is 10.3. The van der Waals surface area contributed by atoms with E-state index in [4.69, 9.17) is 5.90 Å². The van der Waals surface area contributed by atoms with Crippen LogP contribution < -0.4 is 5.90 Å². The van der Waals surface area contributed by atoms with Crippen LogP contribution in [0.2, 0.25) is 0 Å². The van der Waals surface area contributed by atoms with E-state index in [1.807, 2.05) is 0 Å². The number of aldehydes is 1. The van der Waals surface area contributed by atoms with Crippen molar-refractivity contribution < 1.29 is 9.63 Å². The number of aliphatic imine (C=N–C) groups is 1. The fourth-order valence-corrected chi connectivity index (χ4v) is 0.477. The average molecular weight is 144 g/mol. The van der Waals surface area contributed by atoms with E-state index in [2.05, 4.69) is 9.83 Å². The van der Waals surface area contributed by atoms with E-state index in [-0.39, 0.29) is 0 Å². The molecule has 0 saturated carbocycles. The second kappa shape index (κ2) is 3.43. The van der Waals surface area contributed by atoms with Crippen molar-refractivity contribution in [3.8, 4) is 0 Å². The molecule has 0 aliphatic carbocycles. The third-order valence-corrected chi connectivity index (χ3v) is 0.905. The van der Waals surface area contributed by atoms with Gasteiger partial charge in [0, 0.05) is 0 Å². The van der Waals surface area contributed by atoms with Gasteiger partial charge in [-0.15, -0.1) is 0 Å². The molecule has 10 heavy (non-hydrogen) atoms. The first kappa shape index (κ1) is 9.26. The van der Waals surface area contributed by atoms with E-state index in [9.17, 15) is 4.79 Å². The van der Waals surface area contributed by atoms with Crippen LogP contribution in [0.4, 0.5) is 0 Å². The maximum absolute atomic E-state index is 10.1. The van der Waals surface area contributed by atoms with Crippen LogP contribution in [0.15, 0.2) is 4.99 Å². The molecule has 0 aliphatic rings. The predicted molar refractivity (Wildman–Crippen MR) is 38.5 cm³/mol. The lowest BCUT2D eigenvalue weighted by Gasteiger charge is -2.15. The van der Waals surface area contributed by atoms with Gasteiger partial charge in [0.2, 0.25) is 0 Å². The van der Waals surface area contributed by atoms with Crippen molar-refractivity contribution >= 4 is 12.0 Å². The molecule has 2 N–H and O–H groups in total. The van der Waals surface area contributed by atoms with Crippen LogP contribution in [0.1, 0.15) is 20.8 Å². The molecule has 0 aliphatic heterocycles. The van der Waals surface area contributed by atoms with Crippen LogP contribution in [0.3, 0.4) is 0 Å². The van der Waals surface area contributed by atoms with Crippen molar-refractivity contribution in [2.24, 2.45) is 10.9 Å². The Kier molecular flexibility index (Phi) is 3.18. The Labute approximate surface area is 60.0 Å². The van der Waals surface area contributed by atoms with Crippen molar-refractivity contribution in [3.63, 3.8) is 0 Å². The third kappa shape index (κ3) is 3.32. The summed E-state index contributed by atoms with van der Waals surface area (Å²) in [6.07, 6.45) is 0.654. The van der Waals surface area contributed by atoms with Gasteiger partial charge < -0.3 is 0 Å². The fourth-order valence-electron chi connectivity index (χ4n) is 0.477. The quantitative estimate of drug-likeness (QED) is 0.351. The normalized spacial score (nSPS) is 13.4. The number of nitrogens with two attached hydrogens (primary N) is 1. The standard InChI is InChI=1S/C6H12N2O2/c1-5(4-9)8-6(2,3)10-7/h4H,7H2,1-3H3. The summed E-state index contributed by atoms with van der Waals surface area (Å²) in [5.41, 5.74) is -0.430. The highest BCUT2D eigenvalue weighted by atomic mass is 16.6. The zero-order chi connectivity index (χ0) is 8.20. The number of hydrogen-bond acceptors (Lipinski definition) is 4. The number of hydrogen-bond donors (Lipinski definition) is 1. The highest BCUT2D eigenvalue weighted by molar-refractivity contribution is 6.27. The molecule has 0 aromatic carbocycles. The van der Waals surface area contributed by atoms with Crippen LogP contribution >= 0.6 is 0 Å². The average Bonchev–Trinajstić information content (AvgIpc) is 1.87. The second-order valence-corrected chi connectivity index (χ2v) is 2.44. The Morgan fingerprint density at radius 1 is 1.70 bits per heavy atom. The summed E-state index contributed by atoms with van der Waals surface area (Å²) >= 11 is 0. The summed E-state index contributed by atoms with van der Waals surface area (Å²) < 4.78 is 0. The SMILES string of the molecule is CC(C=O)=NC(C)(C)ON. The molecule has 0 fully saturated rings. The zero-order valence-corrected chi connectivity index (χ0v) is 6.42. The largest absolute Gasteiger partial charge is 0.297 e. The Balaban J connectivity index is 4.22. The molecule has 0 aromatic rings. The zero-order valence-electron chi connectivity index (χ0n) is 6.42. The maximum atomic E-state index is 10.1. The number of carbonyl (C=O) groups is 1. The Bertz CT molecular complexity index is 152. The van der Waals surface area contributed by atoms with Crippen molar-refractivity contribution in [1.82, 2.24) is 0 Å². The molecule has 0 aromatic heterocycles. The van der Waals surface area contributed by atoms with E-state index in [1.165, 1.54) is 0 Å². The first-order valence-electron chi connectivity index (χ1n) is 2.91. The Morgan fingerprint density at radius 2 is 2.20 bits per heavy atom. The van der Waals surface area contributed by atoms with Gasteiger partial charge in [-0.05, 0) is 20.8 Å². The molecule has 0 saturated heterocycles. The van der Waals surface area contributed by atoms with Gasteiger partial charge in [0.25, 0.3) is 0 Å². The van der Waals surface area contributed by atoms with Gasteiger partial charge in [-0.3, -0.25) is 14.6 Å². The molecule has 0 radical (unpaired) electrons. The molecule has 0 unspecified atom stereocenters. The second-order valence-electron chi connectivity index (χ2n) is 2.44. The molecular formula is C6H12N2O2. The van der Waals surface area contributed by atoms with E-state index in [1.54, 1.807) is 20.8 Å². The van der Waals surface area contributed by atoms with E-state index in [0.717, 1.165) is 0 Å². The molecule has 0 atom stereocenters. The van der Waals surface area contributed by atoms with Crippen molar-refractivity contribution in [2.75, 3.05) is 0 Å². The Hall–Kier alpha value is -0.740. The Morgan fingerprint density at radius 3 is 2.50 bits per heavy atom. The lowest BCUT2D eigenvalue weighted by molar-refractivity contribution is -0.103.